The van der Waals surface area contributed by atoms with Crippen molar-refractivity contribution in [2.24, 2.45) is 0 Å². The molecule has 3 rings (SSSR count). The lowest BCUT2D eigenvalue weighted by atomic mass is 9.98. The number of carbonyl (C=O) groups excluding carboxylic acids is 1. The van der Waals surface area contributed by atoms with Crippen molar-refractivity contribution >= 4 is 44.9 Å². The molecule has 2 heterocycles. The number of esters is 1. The van der Waals surface area contributed by atoms with Crippen LogP contribution in [-0.4, -0.2) is 62.6 Å². The number of fused-ring (bicyclic) bond motifs is 1. The first-order valence-corrected chi connectivity index (χ1v) is 11.1. The molecule has 0 bridgehead atoms. The number of hydrogen-bond acceptors (Lipinski definition) is 8. The zero-order valence-corrected chi connectivity index (χ0v) is 18.8. The molecule has 0 amide bonds. The highest BCUT2D eigenvalue weighted by molar-refractivity contribution is 7.20. The highest BCUT2D eigenvalue weighted by Gasteiger charge is 2.26. The lowest BCUT2D eigenvalue weighted by Crippen LogP contribution is -2.31. The standard InChI is InChI=1S/C20H28ClN3O4S/c1-13-15-17(24(9-11-26-2)10-12-27-3)22-20(21)23-18(15)29-16(13)19(25)28-14-7-5-4-6-8-14/h14H,4-12H2,1-3H3. The summed E-state index contributed by atoms with van der Waals surface area (Å²) in [6.45, 7) is 4.24. The predicted octanol–water partition coefficient (Wildman–Crippen LogP) is 4.24. The predicted molar refractivity (Wildman–Crippen MR) is 115 cm³/mol. The minimum atomic E-state index is -0.278. The molecule has 1 aliphatic rings. The third-order valence-electron chi connectivity index (χ3n) is 5.19. The van der Waals surface area contributed by atoms with E-state index in [0.29, 0.717) is 41.8 Å². The topological polar surface area (TPSA) is 73.8 Å². The van der Waals surface area contributed by atoms with Crippen LogP contribution in [0.4, 0.5) is 5.82 Å². The molecule has 1 fully saturated rings. The van der Waals surface area contributed by atoms with Gasteiger partial charge in [0.1, 0.15) is 21.6 Å². The summed E-state index contributed by atoms with van der Waals surface area (Å²) in [7, 11) is 3.32. The van der Waals surface area contributed by atoms with Gasteiger partial charge in [-0.2, -0.15) is 4.98 Å². The summed E-state index contributed by atoms with van der Waals surface area (Å²) in [5.41, 5.74) is 0.831. The van der Waals surface area contributed by atoms with Crippen molar-refractivity contribution in [3.8, 4) is 0 Å². The van der Waals surface area contributed by atoms with Gasteiger partial charge in [0.15, 0.2) is 0 Å². The monoisotopic (exact) mass is 441 g/mol. The van der Waals surface area contributed by atoms with Gasteiger partial charge in [-0.1, -0.05) is 6.42 Å². The Labute approximate surface area is 180 Å². The summed E-state index contributed by atoms with van der Waals surface area (Å²) >= 11 is 7.53. The van der Waals surface area contributed by atoms with Gasteiger partial charge < -0.3 is 19.1 Å². The maximum atomic E-state index is 12.9. The smallest absolute Gasteiger partial charge is 0.348 e. The van der Waals surface area contributed by atoms with Crippen molar-refractivity contribution in [2.45, 2.75) is 45.1 Å². The molecule has 0 atom stereocenters. The molecule has 160 valence electrons. The Balaban J connectivity index is 1.95. The summed E-state index contributed by atoms with van der Waals surface area (Å²) in [4.78, 5) is 25.0. The van der Waals surface area contributed by atoms with Crippen LogP contribution in [0.15, 0.2) is 0 Å². The molecule has 1 aliphatic carbocycles. The van der Waals surface area contributed by atoms with E-state index < -0.39 is 0 Å². The second kappa shape index (κ2) is 10.5. The van der Waals surface area contributed by atoms with E-state index in [1.54, 1.807) is 14.2 Å². The third kappa shape index (κ3) is 5.36. The Morgan fingerprint density at radius 2 is 1.79 bits per heavy atom. The number of hydrogen-bond donors (Lipinski definition) is 0. The molecular weight excluding hydrogens is 414 g/mol. The number of ether oxygens (including phenoxy) is 3. The summed E-state index contributed by atoms with van der Waals surface area (Å²) < 4.78 is 16.3. The number of halogens is 1. The molecule has 0 aliphatic heterocycles. The van der Waals surface area contributed by atoms with Crippen molar-refractivity contribution < 1.29 is 19.0 Å². The minimum absolute atomic E-state index is 0.00918. The molecule has 0 radical (unpaired) electrons. The van der Waals surface area contributed by atoms with E-state index in [1.807, 2.05) is 6.92 Å². The van der Waals surface area contributed by atoms with Crippen LogP contribution in [0.25, 0.3) is 10.2 Å². The van der Waals surface area contributed by atoms with Crippen LogP contribution in [0.3, 0.4) is 0 Å². The summed E-state index contributed by atoms with van der Waals surface area (Å²) in [5.74, 6) is 0.416. The largest absolute Gasteiger partial charge is 0.458 e. The van der Waals surface area contributed by atoms with Crippen LogP contribution in [0.1, 0.15) is 47.3 Å². The fourth-order valence-electron chi connectivity index (χ4n) is 3.63. The van der Waals surface area contributed by atoms with E-state index in [2.05, 4.69) is 14.9 Å². The van der Waals surface area contributed by atoms with E-state index >= 15 is 0 Å². The van der Waals surface area contributed by atoms with Crippen molar-refractivity contribution in [1.82, 2.24) is 9.97 Å². The van der Waals surface area contributed by atoms with Gasteiger partial charge in [0, 0.05) is 27.3 Å². The van der Waals surface area contributed by atoms with Crippen LogP contribution >= 0.6 is 22.9 Å². The Morgan fingerprint density at radius 1 is 1.14 bits per heavy atom. The highest BCUT2D eigenvalue weighted by Crippen LogP contribution is 2.37. The van der Waals surface area contributed by atoms with Gasteiger partial charge in [-0.05, 0) is 49.8 Å². The van der Waals surface area contributed by atoms with Gasteiger partial charge in [0.25, 0.3) is 0 Å². The van der Waals surface area contributed by atoms with E-state index in [4.69, 9.17) is 25.8 Å². The zero-order chi connectivity index (χ0) is 20.8. The molecule has 0 saturated heterocycles. The number of nitrogens with zero attached hydrogens (tertiary/aromatic N) is 3. The molecule has 9 heteroatoms. The summed E-state index contributed by atoms with van der Waals surface area (Å²) in [6.07, 6.45) is 5.33. The Kier molecular flexibility index (Phi) is 8.06. The van der Waals surface area contributed by atoms with Crippen LogP contribution in [0.5, 0.6) is 0 Å². The molecule has 2 aromatic rings. The van der Waals surface area contributed by atoms with Crippen LogP contribution in [0.2, 0.25) is 5.28 Å². The Hall–Kier alpha value is -1.48. The van der Waals surface area contributed by atoms with Crippen molar-refractivity contribution in [3.05, 3.63) is 15.7 Å². The molecule has 0 aromatic carbocycles. The fourth-order valence-corrected chi connectivity index (χ4v) is 4.90. The average Bonchev–Trinajstić information content (AvgIpc) is 3.05. The molecule has 1 saturated carbocycles. The number of carbonyl (C=O) groups is 1. The average molecular weight is 442 g/mol. The first-order valence-electron chi connectivity index (χ1n) is 9.95. The maximum absolute atomic E-state index is 12.9. The molecule has 29 heavy (non-hydrogen) atoms. The number of aryl methyl sites for hydroxylation is 1. The second-order valence-corrected chi connectivity index (χ2v) is 8.53. The third-order valence-corrected chi connectivity index (χ3v) is 6.52. The minimum Gasteiger partial charge on any atom is -0.458 e. The van der Waals surface area contributed by atoms with E-state index in [1.165, 1.54) is 17.8 Å². The second-order valence-electron chi connectivity index (χ2n) is 7.19. The van der Waals surface area contributed by atoms with Gasteiger partial charge in [0.05, 0.1) is 18.6 Å². The fraction of sp³-hybridized carbons (Fsp3) is 0.650. The van der Waals surface area contributed by atoms with Gasteiger partial charge in [-0.3, -0.25) is 0 Å². The van der Waals surface area contributed by atoms with E-state index in [9.17, 15) is 4.79 Å². The molecule has 7 nitrogen and oxygen atoms in total. The normalized spacial score (nSPS) is 15.0. The molecule has 0 unspecified atom stereocenters. The van der Waals surface area contributed by atoms with Gasteiger partial charge >= 0.3 is 5.97 Å². The first-order chi connectivity index (χ1) is 14.0. The highest BCUT2D eigenvalue weighted by atomic mass is 35.5. The Morgan fingerprint density at radius 3 is 2.41 bits per heavy atom. The zero-order valence-electron chi connectivity index (χ0n) is 17.2. The number of thiophene rings is 1. The Bertz CT molecular complexity index is 831. The van der Waals surface area contributed by atoms with Crippen LogP contribution < -0.4 is 4.90 Å². The quantitative estimate of drug-likeness (QED) is 0.425. The lowest BCUT2D eigenvalue weighted by molar-refractivity contribution is 0.0216. The summed E-state index contributed by atoms with van der Waals surface area (Å²) in [5, 5.41) is 0.989. The number of aromatic nitrogens is 2. The molecule has 0 N–H and O–H groups in total. The van der Waals surface area contributed by atoms with Crippen molar-refractivity contribution in [1.29, 1.82) is 0 Å². The van der Waals surface area contributed by atoms with Gasteiger partial charge in [-0.15, -0.1) is 11.3 Å². The first kappa shape index (κ1) is 22.2. The lowest BCUT2D eigenvalue weighted by Gasteiger charge is -2.24. The van der Waals surface area contributed by atoms with Crippen molar-refractivity contribution in [3.63, 3.8) is 0 Å². The van der Waals surface area contributed by atoms with Gasteiger partial charge in [0.2, 0.25) is 5.28 Å². The maximum Gasteiger partial charge on any atom is 0.348 e. The van der Waals surface area contributed by atoms with E-state index in [-0.39, 0.29) is 17.4 Å². The van der Waals surface area contributed by atoms with Crippen LogP contribution in [-0.2, 0) is 14.2 Å². The molecule has 0 spiro atoms. The number of methoxy groups -OCH3 is 2. The SMILES string of the molecule is COCCN(CCOC)c1nc(Cl)nc2sc(C(=O)OC3CCCCC3)c(C)c12. The summed E-state index contributed by atoms with van der Waals surface area (Å²) in [6, 6.07) is 0. The molecular formula is C20H28ClN3O4S. The van der Waals surface area contributed by atoms with Crippen LogP contribution in [0, 0.1) is 6.92 Å². The van der Waals surface area contributed by atoms with E-state index in [0.717, 1.165) is 36.6 Å². The van der Waals surface area contributed by atoms with Crippen molar-refractivity contribution in [2.75, 3.05) is 45.4 Å². The number of rotatable bonds is 9. The number of anilines is 1. The molecule has 2 aromatic heterocycles. The van der Waals surface area contributed by atoms with Gasteiger partial charge in [-0.25, -0.2) is 9.78 Å².